The maximum atomic E-state index is 6.05. The third-order valence-electron chi connectivity index (χ3n) is 5.17. The van der Waals surface area contributed by atoms with E-state index in [4.69, 9.17) is 4.74 Å². The maximum Gasteiger partial charge on any atom is 0.123 e. The number of hydrogen-bond donors (Lipinski definition) is 1. The smallest absolute Gasteiger partial charge is 0.123 e. The molecule has 3 aliphatic heterocycles. The van der Waals surface area contributed by atoms with E-state index in [1.165, 1.54) is 49.0 Å². The Morgan fingerprint density at radius 3 is 2.95 bits per heavy atom. The number of nitrogens with one attached hydrogen (secondary N) is 1. The highest BCUT2D eigenvalue weighted by Crippen LogP contribution is 2.47. The molecule has 102 valence electrons. The Bertz CT molecular complexity index is 506. The zero-order chi connectivity index (χ0) is 12.9. The molecule has 1 spiro atoms. The molecule has 1 N–H and O–H groups in total. The van der Waals surface area contributed by atoms with E-state index in [1.807, 2.05) is 0 Å². The number of fused-ring (bicyclic) bond motifs is 3. The molecule has 0 radical (unpaired) electrons. The molecule has 0 amide bonds. The molecule has 1 aromatic carbocycles. The minimum absolute atomic E-state index is 0.286. The van der Waals surface area contributed by atoms with E-state index in [0.29, 0.717) is 0 Å². The van der Waals surface area contributed by atoms with Gasteiger partial charge in [-0.2, -0.15) is 0 Å². The van der Waals surface area contributed by atoms with Gasteiger partial charge in [-0.25, -0.2) is 0 Å². The molecule has 4 rings (SSSR count). The van der Waals surface area contributed by atoms with E-state index < -0.39 is 0 Å². The Labute approximate surface area is 114 Å². The van der Waals surface area contributed by atoms with Crippen LogP contribution < -0.4 is 15.0 Å². The summed E-state index contributed by atoms with van der Waals surface area (Å²) in [5.74, 6) is 1.16. The van der Waals surface area contributed by atoms with Crippen LogP contribution in [0.2, 0.25) is 0 Å². The monoisotopic (exact) mass is 258 g/mol. The summed E-state index contributed by atoms with van der Waals surface area (Å²) in [5.41, 5.74) is 4.67. The van der Waals surface area contributed by atoms with Crippen molar-refractivity contribution in [3.05, 3.63) is 23.3 Å². The average Bonchev–Trinajstić information content (AvgIpc) is 2.77. The zero-order valence-electron chi connectivity index (χ0n) is 11.7. The van der Waals surface area contributed by atoms with Crippen molar-refractivity contribution in [3.63, 3.8) is 0 Å². The summed E-state index contributed by atoms with van der Waals surface area (Å²) in [7, 11) is 2.22. The highest BCUT2D eigenvalue weighted by Gasteiger charge is 2.42. The minimum atomic E-state index is 0.286. The van der Waals surface area contributed by atoms with Crippen LogP contribution in [0.5, 0.6) is 5.75 Å². The fraction of sp³-hybridized carbons (Fsp3) is 0.625. The third kappa shape index (κ3) is 1.68. The fourth-order valence-corrected chi connectivity index (χ4v) is 3.94. The molecule has 3 heterocycles. The van der Waals surface area contributed by atoms with E-state index in [2.05, 4.69) is 29.4 Å². The Hall–Kier alpha value is -1.22. The van der Waals surface area contributed by atoms with Gasteiger partial charge in [-0.3, -0.25) is 0 Å². The number of rotatable bonds is 0. The molecule has 0 saturated carbocycles. The highest BCUT2D eigenvalue weighted by atomic mass is 16.5. The second-order valence-corrected chi connectivity index (χ2v) is 6.32. The summed E-state index contributed by atoms with van der Waals surface area (Å²) >= 11 is 0. The molecule has 3 nitrogen and oxygen atoms in total. The lowest BCUT2D eigenvalue weighted by atomic mass is 9.74. The van der Waals surface area contributed by atoms with Gasteiger partial charge in [0.1, 0.15) is 5.75 Å². The van der Waals surface area contributed by atoms with Crippen molar-refractivity contribution in [2.24, 2.45) is 0 Å². The molecule has 0 atom stereocenters. The fourth-order valence-electron chi connectivity index (χ4n) is 3.94. The van der Waals surface area contributed by atoms with Crippen molar-refractivity contribution in [3.8, 4) is 5.75 Å². The first-order chi connectivity index (χ1) is 9.28. The lowest BCUT2D eigenvalue weighted by Crippen LogP contribution is -2.41. The molecule has 0 aromatic heterocycles. The second kappa shape index (κ2) is 4.14. The second-order valence-electron chi connectivity index (χ2n) is 6.32. The van der Waals surface area contributed by atoms with Gasteiger partial charge in [0.05, 0.1) is 6.61 Å². The van der Waals surface area contributed by atoms with Gasteiger partial charge in [-0.15, -0.1) is 0 Å². The van der Waals surface area contributed by atoms with Crippen molar-refractivity contribution in [1.29, 1.82) is 0 Å². The van der Waals surface area contributed by atoms with Crippen molar-refractivity contribution < 1.29 is 4.74 Å². The largest absolute Gasteiger partial charge is 0.492 e. The molecule has 1 aromatic rings. The topological polar surface area (TPSA) is 24.5 Å². The normalized spacial score (nSPS) is 23.9. The first kappa shape index (κ1) is 11.6. The van der Waals surface area contributed by atoms with Crippen LogP contribution in [0.15, 0.2) is 12.1 Å². The predicted molar refractivity (Wildman–Crippen MR) is 77.3 cm³/mol. The van der Waals surface area contributed by atoms with Crippen LogP contribution in [0.4, 0.5) is 5.69 Å². The van der Waals surface area contributed by atoms with Crippen LogP contribution in [-0.4, -0.2) is 33.3 Å². The van der Waals surface area contributed by atoms with Crippen LogP contribution in [-0.2, 0) is 11.8 Å². The van der Waals surface area contributed by atoms with Gasteiger partial charge >= 0.3 is 0 Å². The number of nitrogens with zero attached hydrogens (tertiary/aromatic N) is 1. The quantitative estimate of drug-likeness (QED) is 0.771. The Kier molecular flexibility index (Phi) is 2.52. The number of ether oxygens (including phenoxy) is 1. The molecule has 0 unspecified atom stereocenters. The van der Waals surface area contributed by atoms with Crippen LogP contribution in [0, 0.1) is 0 Å². The van der Waals surface area contributed by atoms with Crippen molar-refractivity contribution >= 4 is 5.69 Å². The van der Waals surface area contributed by atoms with Gasteiger partial charge in [-0.05, 0) is 56.5 Å². The predicted octanol–water partition coefficient (Wildman–Crippen LogP) is 2.08. The Morgan fingerprint density at radius 1 is 1.26 bits per heavy atom. The third-order valence-corrected chi connectivity index (χ3v) is 5.17. The van der Waals surface area contributed by atoms with Gasteiger partial charge in [0.15, 0.2) is 0 Å². The average molecular weight is 258 g/mol. The standard InChI is InChI=1S/C16H22N2O/c1-18-8-2-3-12-9-15-13(10-14(12)18)16(11-19-15)4-6-17-7-5-16/h9-10,17H,2-8,11H2,1H3. The number of anilines is 1. The highest BCUT2D eigenvalue weighted by molar-refractivity contribution is 5.63. The first-order valence-electron chi connectivity index (χ1n) is 7.51. The van der Waals surface area contributed by atoms with Gasteiger partial charge in [-0.1, -0.05) is 0 Å². The van der Waals surface area contributed by atoms with Crippen LogP contribution in [0.1, 0.15) is 30.4 Å². The minimum Gasteiger partial charge on any atom is -0.492 e. The number of hydrogen-bond acceptors (Lipinski definition) is 3. The van der Waals surface area contributed by atoms with Gasteiger partial charge in [0.25, 0.3) is 0 Å². The van der Waals surface area contributed by atoms with E-state index in [9.17, 15) is 0 Å². The number of benzene rings is 1. The van der Waals surface area contributed by atoms with Gasteiger partial charge in [0.2, 0.25) is 0 Å². The van der Waals surface area contributed by atoms with Crippen molar-refractivity contribution in [2.45, 2.75) is 31.1 Å². The summed E-state index contributed by atoms with van der Waals surface area (Å²) < 4.78 is 6.05. The first-order valence-corrected chi connectivity index (χ1v) is 7.51. The van der Waals surface area contributed by atoms with Gasteiger partial charge in [0, 0.05) is 30.3 Å². The number of piperidine rings is 1. The molecule has 3 heteroatoms. The molecule has 0 aliphatic carbocycles. The molecule has 3 aliphatic rings. The van der Waals surface area contributed by atoms with Crippen LogP contribution in [0.3, 0.4) is 0 Å². The lowest BCUT2D eigenvalue weighted by Gasteiger charge is -2.34. The SMILES string of the molecule is CN1CCCc2cc3c(cc21)C1(CCNCC1)CO3. The Balaban J connectivity index is 1.81. The number of aryl methyl sites for hydroxylation is 1. The molecule has 0 bridgehead atoms. The summed E-state index contributed by atoms with van der Waals surface area (Å²) in [5, 5.41) is 3.47. The van der Waals surface area contributed by atoms with Crippen LogP contribution >= 0.6 is 0 Å². The molecule has 19 heavy (non-hydrogen) atoms. The molecule has 1 fully saturated rings. The van der Waals surface area contributed by atoms with Crippen LogP contribution in [0.25, 0.3) is 0 Å². The van der Waals surface area contributed by atoms with Gasteiger partial charge < -0.3 is 15.0 Å². The van der Waals surface area contributed by atoms with Crippen molar-refractivity contribution in [2.75, 3.05) is 38.2 Å². The molecule has 1 saturated heterocycles. The summed E-state index contributed by atoms with van der Waals surface area (Å²) in [4.78, 5) is 2.41. The zero-order valence-corrected chi connectivity index (χ0v) is 11.7. The van der Waals surface area contributed by atoms with E-state index >= 15 is 0 Å². The van der Waals surface area contributed by atoms with E-state index in [1.54, 1.807) is 0 Å². The van der Waals surface area contributed by atoms with E-state index in [-0.39, 0.29) is 5.41 Å². The molecular formula is C16H22N2O. The summed E-state index contributed by atoms with van der Waals surface area (Å²) in [6.45, 7) is 4.31. The maximum absolute atomic E-state index is 6.05. The lowest BCUT2D eigenvalue weighted by molar-refractivity contribution is 0.220. The molecular weight excluding hydrogens is 236 g/mol. The van der Waals surface area contributed by atoms with Crippen molar-refractivity contribution in [1.82, 2.24) is 5.32 Å². The summed E-state index contributed by atoms with van der Waals surface area (Å²) in [6, 6.07) is 4.75. The van der Waals surface area contributed by atoms with E-state index in [0.717, 1.165) is 25.4 Å². The Morgan fingerprint density at radius 2 is 2.11 bits per heavy atom. The summed E-state index contributed by atoms with van der Waals surface area (Å²) in [6.07, 6.45) is 4.88.